The van der Waals surface area contributed by atoms with Crippen molar-refractivity contribution in [2.75, 3.05) is 5.75 Å². The molecule has 0 heterocycles. The number of hydrogen-bond acceptors (Lipinski definition) is 2. The molecule has 0 nitrogen and oxygen atoms in total. The Morgan fingerprint density at radius 3 is 2.58 bits per heavy atom. The van der Waals surface area contributed by atoms with E-state index in [0.29, 0.717) is 5.25 Å². The molecule has 0 radical (unpaired) electrons. The zero-order valence-corrected chi connectivity index (χ0v) is 9.82. The van der Waals surface area contributed by atoms with Crippen LogP contribution in [0.1, 0.15) is 33.1 Å². The smallest absolute Gasteiger partial charge is 0.00451 e. The molecule has 4 atom stereocenters. The van der Waals surface area contributed by atoms with Crippen LogP contribution in [0.5, 0.6) is 0 Å². The zero-order chi connectivity index (χ0) is 9.14. The van der Waals surface area contributed by atoms with Crippen LogP contribution in [0.15, 0.2) is 0 Å². The standard InChI is InChI=1S/C10H20S2/c1-7-3-4-9(5-10(7)12)8(2)6-11/h7-12H,3-6H2,1-2H3/t7-,8+,9+,10-/m1/s1. The molecule has 72 valence electrons. The van der Waals surface area contributed by atoms with Crippen molar-refractivity contribution in [2.45, 2.75) is 38.4 Å². The van der Waals surface area contributed by atoms with Gasteiger partial charge in [0.05, 0.1) is 0 Å². The number of hydrogen-bond donors (Lipinski definition) is 2. The molecule has 0 aromatic heterocycles. The summed E-state index contributed by atoms with van der Waals surface area (Å²) >= 11 is 8.98. The molecule has 1 aliphatic carbocycles. The predicted molar refractivity (Wildman–Crippen MR) is 62.3 cm³/mol. The molecule has 1 fully saturated rings. The molecule has 0 aromatic rings. The molecule has 0 aliphatic heterocycles. The molecule has 0 spiro atoms. The number of rotatable bonds is 2. The molecule has 0 bridgehead atoms. The quantitative estimate of drug-likeness (QED) is 0.634. The maximum Gasteiger partial charge on any atom is 0.00451 e. The highest BCUT2D eigenvalue weighted by atomic mass is 32.1. The van der Waals surface area contributed by atoms with E-state index in [1.165, 1.54) is 19.3 Å². The van der Waals surface area contributed by atoms with Gasteiger partial charge in [-0.2, -0.15) is 25.3 Å². The summed E-state index contributed by atoms with van der Waals surface area (Å²) in [6.07, 6.45) is 4.04. The largest absolute Gasteiger partial charge is 0.179 e. The maximum absolute atomic E-state index is 4.62. The van der Waals surface area contributed by atoms with Crippen LogP contribution in [0, 0.1) is 17.8 Å². The summed E-state index contributed by atoms with van der Waals surface area (Å²) in [5, 5.41) is 0.631. The summed E-state index contributed by atoms with van der Waals surface area (Å²) in [5.41, 5.74) is 0. The van der Waals surface area contributed by atoms with Gasteiger partial charge >= 0.3 is 0 Å². The van der Waals surface area contributed by atoms with E-state index < -0.39 is 0 Å². The van der Waals surface area contributed by atoms with Crippen molar-refractivity contribution in [2.24, 2.45) is 17.8 Å². The second kappa shape index (κ2) is 4.80. The van der Waals surface area contributed by atoms with Crippen molar-refractivity contribution in [3.8, 4) is 0 Å². The second-order valence-corrected chi connectivity index (χ2v) is 5.31. The minimum atomic E-state index is 0.631. The van der Waals surface area contributed by atoms with Crippen LogP contribution < -0.4 is 0 Å². The molecule has 0 saturated heterocycles. The van der Waals surface area contributed by atoms with Crippen molar-refractivity contribution >= 4 is 25.3 Å². The van der Waals surface area contributed by atoms with E-state index in [2.05, 4.69) is 39.1 Å². The van der Waals surface area contributed by atoms with Crippen LogP contribution in [0.2, 0.25) is 0 Å². The average molecular weight is 204 g/mol. The van der Waals surface area contributed by atoms with Crippen molar-refractivity contribution in [3.63, 3.8) is 0 Å². The fourth-order valence-electron chi connectivity index (χ4n) is 2.00. The number of thiol groups is 2. The zero-order valence-electron chi connectivity index (χ0n) is 8.03. The molecule has 1 rings (SSSR count). The highest BCUT2D eigenvalue weighted by molar-refractivity contribution is 7.81. The summed E-state index contributed by atoms with van der Waals surface area (Å²) < 4.78 is 0. The van der Waals surface area contributed by atoms with Gasteiger partial charge in [0, 0.05) is 5.25 Å². The first-order valence-electron chi connectivity index (χ1n) is 4.94. The molecular weight excluding hydrogens is 184 g/mol. The SMILES string of the molecule is C[C@@H]1CC[C@H]([C@@H](C)CS)C[C@H]1S. The summed E-state index contributed by atoms with van der Waals surface area (Å²) in [4.78, 5) is 0. The maximum atomic E-state index is 4.62. The van der Waals surface area contributed by atoms with Gasteiger partial charge in [0.15, 0.2) is 0 Å². The first-order chi connectivity index (χ1) is 5.65. The van der Waals surface area contributed by atoms with E-state index in [1.807, 2.05) is 0 Å². The molecule has 12 heavy (non-hydrogen) atoms. The Labute approximate surface area is 87.3 Å². The van der Waals surface area contributed by atoms with Gasteiger partial charge in [-0.3, -0.25) is 0 Å². The second-order valence-electron chi connectivity index (χ2n) is 4.28. The minimum absolute atomic E-state index is 0.631. The first kappa shape index (κ1) is 10.8. The molecule has 0 aromatic carbocycles. The third-order valence-corrected chi connectivity index (χ3v) is 4.58. The Morgan fingerprint density at radius 2 is 2.08 bits per heavy atom. The lowest BCUT2D eigenvalue weighted by Gasteiger charge is -2.34. The van der Waals surface area contributed by atoms with Gasteiger partial charge in [-0.25, -0.2) is 0 Å². The first-order valence-corrected chi connectivity index (χ1v) is 6.09. The molecular formula is C10H20S2. The van der Waals surface area contributed by atoms with Gasteiger partial charge < -0.3 is 0 Å². The van der Waals surface area contributed by atoms with Crippen molar-refractivity contribution in [1.82, 2.24) is 0 Å². The summed E-state index contributed by atoms with van der Waals surface area (Å²) in [6.45, 7) is 4.63. The van der Waals surface area contributed by atoms with Crippen LogP contribution in [0.25, 0.3) is 0 Å². The highest BCUT2D eigenvalue weighted by Crippen LogP contribution is 2.36. The topological polar surface area (TPSA) is 0 Å². The third kappa shape index (κ3) is 2.59. The fourth-order valence-corrected chi connectivity index (χ4v) is 2.71. The van der Waals surface area contributed by atoms with Crippen molar-refractivity contribution < 1.29 is 0 Å². The summed E-state index contributed by atoms with van der Waals surface area (Å²) in [6, 6.07) is 0. The predicted octanol–water partition coefficient (Wildman–Crippen LogP) is 3.29. The van der Waals surface area contributed by atoms with Crippen LogP contribution in [0.4, 0.5) is 0 Å². The van der Waals surface area contributed by atoms with E-state index in [4.69, 9.17) is 0 Å². The minimum Gasteiger partial charge on any atom is -0.179 e. The lowest BCUT2D eigenvalue weighted by Crippen LogP contribution is -2.27. The van der Waals surface area contributed by atoms with Gasteiger partial charge in [-0.15, -0.1) is 0 Å². The third-order valence-electron chi connectivity index (χ3n) is 3.29. The van der Waals surface area contributed by atoms with Crippen LogP contribution in [0.3, 0.4) is 0 Å². The molecule has 0 N–H and O–H groups in total. The Hall–Kier alpha value is 0.700. The van der Waals surface area contributed by atoms with Gasteiger partial charge in [-0.05, 0) is 42.8 Å². The van der Waals surface area contributed by atoms with Crippen molar-refractivity contribution in [1.29, 1.82) is 0 Å². The lowest BCUT2D eigenvalue weighted by molar-refractivity contribution is 0.246. The summed E-state index contributed by atoms with van der Waals surface area (Å²) in [7, 11) is 0. The van der Waals surface area contributed by atoms with E-state index in [-0.39, 0.29) is 0 Å². The van der Waals surface area contributed by atoms with Gasteiger partial charge in [0.2, 0.25) is 0 Å². The van der Waals surface area contributed by atoms with Crippen LogP contribution >= 0.6 is 25.3 Å². The van der Waals surface area contributed by atoms with Crippen LogP contribution in [-0.2, 0) is 0 Å². The highest BCUT2D eigenvalue weighted by Gasteiger charge is 2.27. The van der Waals surface area contributed by atoms with Crippen LogP contribution in [-0.4, -0.2) is 11.0 Å². The monoisotopic (exact) mass is 204 g/mol. The van der Waals surface area contributed by atoms with Gasteiger partial charge in [0.25, 0.3) is 0 Å². The molecule has 1 aliphatic rings. The Morgan fingerprint density at radius 1 is 1.42 bits per heavy atom. The van der Waals surface area contributed by atoms with E-state index in [0.717, 1.165) is 23.5 Å². The van der Waals surface area contributed by atoms with Gasteiger partial charge in [0.1, 0.15) is 0 Å². The fraction of sp³-hybridized carbons (Fsp3) is 1.00. The lowest BCUT2D eigenvalue weighted by atomic mass is 9.77. The summed E-state index contributed by atoms with van der Waals surface area (Å²) in [5.74, 6) is 3.49. The molecule has 0 unspecified atom stereocenters. The Kier molecular flexibility index (Phi) is 4.31. The van der Waals surface area contributed by atoms with E-state index in [1.54, 1.807) is 0 Å². The van der Waals surface area contributed by atoms with Crippen molar-refractivity contribution in [3.05, 3.63) is 0 Å². The normalized spacial score (nSPS) is 39.5. The Bertz CT molecular complexity index is 136. The Balaban J connectivity index is 2.39. The van der Waals surface area contributed by atoms with E-state index >= 15 is 0 Å². The average Bonchev–Trinajstić information content (AvgIpc) is 2.08. The van der Waals surface area contributed by atoms with E-state index in [9.17, 15) is 0 Å². The molecule has 2 heteroatoms. The van der Waals surface area contributed by atoms with Gasteiger partial charge in [-0.1, -0.05) is 13.8 Å². The molecule has 1 saturated carbocycles. The molecule has 0 amide bonds.